The summed E-state index contributed by atoms with van der Waals surface area (Å²) in [6.45, 7) is 1.41. The summed E-state index contributed by atoms with van der Waals surface area (Å²) in [4.78, 5) is 13.9. The second-order valence-corrected chi connectivity index (χ2v) is 2.19. The first kappa shape index (κ1) is 7.74. The number of allylic oxidation sites excluding steroid dienone is 1. The molecule has 5 heteroatoms. The summed E-state index contributed by atoms with van der Waals surface area (Å²) in [6.07, 6.45) is 1.25. The first-order chi connectivity index (χ1) is 5.11. The zero-order valence-electron chi connectivity index (χ0n) is 5.94. The average molecular weight is 155 g/mol. The van der Waals surface area contributed by atoms with E-state index in [-0.39, 0.29) is 12.3 Å². The predicted molar refractivity (Wildman–Crippen MR) is 38.9 cm³/mol. The Hall–Kier alpha value is -1.36. The first-order valence-corrected chi connectivity index (χ1v) is 3.02. The summed E-state index contributed by atoms with van der Waals surface area (Å²) in [5.74, 6) is -1.14. The maximum absolute atomic E-state index is 10.8. The van der Waals surface area contributed by atoms with Gasteiger partial charge in [-0.1, -0.05) is 0 Å². The summed E-state index contributed by atoms with van der Waals surface area (Å²) < 4.78 is 0. The lowest BCUT2D eigenvalue weighted by atomic mass is 10.3. The van der Waals surface area contributed by atoms with Crippen LogP contribution in [0.4, 0.5) is 0 Å². The second-order valence-electron chi connectivity index (χ2n) is 2.19. The Morgan fingerprint density at radius 2 is 2.55 bits per heavy atom. The molecule has 5 nitrogen and oxygen atoms in total. The van der Waals surface area contributed by atoms with Crippen LogP contribution < -0.4 is 0 Å². The van der Waals surface area contributed by atoms with E-state index in [1.165, 1.54) is 6.20 Å². The van der Waals surface area contributed by atoms with Gasteiger partial charge >= 0.3 is 5.97 Å². The molecule has 0 aromatic heterocycles. The minimum absolute atomic E-state index is 0.120. The van der Waals surface area contributed by atoms with Gasteiger partial charge in [0, 0.05) is 11.9 Å². The minimum atomic E-state index is -1.14. The molecule has 1 heterocycles. The molecule has 11 heavy (non-hydrogen) atoms. The first-order valence-electron chi connectivity index (χ1n) is 3.02. The van der Waals surface area contributed by atoms with Gasteiger partial charge in [-0.05, 0) is 6.92 Å². The SMILES string of the molecule is CC1=CN=C(C(=O)O)CN1[O-]. The summed E-state index contributed by atoms with van der Waals surface area (Å²) in [5, 5.41) is 19.8. The highest BCUT2D eigenvalue weighted by atomic mass is 16.5. The molecule has 0 spiro atoms. The molecule has 1 aliphatic heterocycles. The van der Waals surface area contributed by atoms with E-state index < -0.39 is 5.97 Å². The van der Waals surface area contributed by atoms with Crippen LogP contribution >= 0.6 is 0 Å². The molecule has 1 rings (SSSR count). The third-order valence-electron chi connectivity index (χ3n) is 1.34. The number of aliphatic carboxylic acids is 1. The van der Waals surface area contributed by atoms with Crippen LogP contribution in [0.25, 0.3) is 0 Å². The lowest BCUT2D eigenvalue weighted by Crippen LogP contribution is -2.30. The Morgan fingerprint density at radius 3 is 3.00 bits per heavy atom. The molecule has 0 atom stereocenters. The highest BCUT2D eigenvalue weighted by Crippen LogP contribution is 2.06. The van der Waals surface area contributed by atoms with E-state index in [1.54, 1.807) is 6.92 Å². The fraction of sp³-hybridized carbons (Fsp3) is 0.333. The lowest BCUT2D eigenvalue weighted by Gasteiger charge is -2.32. The molecule has 0 aliphatic carbocycles. The van der Waals surface area contributed by atoms with Gasteiger partial charge in [0.05, 0.1) is 6.54 Å². The number of carboxylic acid groups (broad SMARTS) is 1. The molecule has 0 aromatic rings. The second kappa shape index (κ2) is 2.71. The largest absolute Gasteiger partial charge is 0.758 e. The number of carboxylic acids is 1. The van der Waals surface area contributed by atoms with Gasteiger partial charge in [0.15, 0.2) is 0 Å². The summed E-state index contributed by atoms with van der Waals surface area (Å²) in [6, 6.07) is 0. The monoisotopic (exact) mass is 155 g/mol. The number of hydroxylamine groups is 2. The molecule has 0 saturated carbocycles. The molecule has 0 radical (unpaired) electrons. The third kappa shape index (κ3) is 1.56. The fourth-order valence-corrected chi connectivity index (χ4v) is 0.660. The average Bonchev–Trinajstić information content (AvgIpc) is 1.94. The van der Waals surface area contributed by atoms with Crippen LogP contribution in [0.2, 0.25) is 0 Å². The Balaban J connectivity index is 2.82. The minimum Gasteiger partial charge on any atom is -0.758 e. The van der Waals surface area contributed by atoms with E-state index in [0.29, 0.717) is 10.8 Å². The Kier molecular flexibility index (Phi) is 1.91. The Bertz CT molecular complexity index is 244. The van der Waals surface area contributed by atoms with E-state index in [0.717, 1.165) is 0 Å². The van der Waals surface area contributed by atoms with Crippen LogP contribution in [-0.2, 0) is 4.79 Å². The molecule has 0 amide bonds. The molecule has 0 saturated heterocycles. The number of aliphatic imine (C=N–C) groups is 1. The van der Waals surface area contributed by atoms with Crippen molar-refractivity contribution < 1.29 is 9.90 Å². The Labute approximate surface area is 63.2 Å². The lowest BCUT2D eigenvalue weighted by molar-refractivity contribution is -0.129. The van der Waals surface area contributed by atoms with Crippen molar-refractivity contribution in [3.8, 4) is 0 Å². The fourth-order valence-electron chi connectivity index (χ4n) is 0.660. The van der Waals surface area contributed by atoms with Crippen molar-refractivity contribution in [3.63, 3.8) is 0 Å². The molecule has 0 bridgehead atoms. The van der Waals surface area contributed by atoms with Gasteiger partial charge in [0.1, 0.15) is 5.71 Å². The zero-order chi connectivity index (χ0) is 8.43. The van der Waals surface area contributed by atoms with Crippen molar-refractivity contribution >= 4 is 11.7 Å². The Morgan fingerprint density at radius 1 is 1.91 bits per heavy atom. The van der Waals surface area contributed by atoms with Crippen LogP contribution in [0.1, 0.15) is 6.92 Å². The highest BCUT2D eigenvalue weighted by molar-refractivity contribution is 6.36. The molecule has 1 N–H and O–H groups in total. The van der Waals surface area contributed by atoms with Crippen molar-refractivity contribution in [1.29, 1.82) is 0 Å². The van der Waals surface area contributed by atoms with Crippen LogP contribution in [0.3, 0.4) is 0 Å². The van der Waals surface area contributed by atoms with Crippen LogP contribution in [0.5, 0.6) is 0 Å². The number of carbonyl (C=O) groups is 1. The van der Waals surface area contributed by atoms with E-state index in [4.69, 9.17) is 5.11 Å². The van der Waals surface area contributed by atoms with Gasteiger partial charge < -0.3 is 15.4 Å². The topological polar surface area (TPSA) is 76.0 Å². The standard InChI is InChI=1S/C6H7N2O3/c1-4-2-7-5(6(9)10)3-8(4)11/h2H,3H2,1H3,(H,9,10)/q-1. The van der Waals surface area contributed by atoms with Gasteiger partial charge in [0.2, 0.25) is 0 Å². The molecule has 1 aliphatic rings. The van der Waals surface area contributed by atoms with Gasteiger partial charge in [-0.2, -0.15) is 0 Å². The normalized spacial score (nSPS) is 17.5. The molecular formula is C6H7N2O3-. The van der Waals surface area contributed by atoms with Gasteiger partial charge in [-0.15, -0.1) is 0 Å². The quantitative estimate of drug-likeness (QED) is 0.586. The van der Waals surface area contributed by atoms with Crippen molar-refractivity contribution in [2.24, 2.45) is 4.99 Å². The van der Waals surface area contributed by atoms with E-state index in [1.807, 2.05) is 0 Å². The van der Waals surface area contributed by atoms with Crippen molar-refractivity contribution in [2.45, 2.75) is 6.92 Å². The maximum atomic E-state index is 10.8. The van der Waals surface area contributed by atoms with Crippen molar-refractivity contribution in [3.05, 3.63) is 17.1 Å². The van der Waals surface area contributed by atoms with E-state index >= 15 is 0 Å². The van der Waals surface area contributed by atoms with Gasteiger partial charge in [0.25, 0.3) is 0 Å². The smallest absolute Gasteiger partial charge is 0.352 e. The van der Waals surface area contributed by atoms with Crippen LogP contribution in [0, 0.1) is 5.21 Å². The number of hydrogen-bond acceptors (Lipinski definition) is 4. The number of nitrogens with zero attached hydrogens (tertiary/aromatic N) is 2. The molecular weight excluding hydrogens is 148 g/mol. The van der Waals surface area contributed by atoms with E-state index in [2.05, 4.69) is 4.99 Å². The summed E-state index contributed by atoms with van der Waals surface area (Å²) in [7, 11) is 0. The molecule has 0 unspecified atom stereocenters. The zero-order valence-corrected chi connectivity index (χ0v) is 5.94. The molecule has 0 aromatic carbocycles. The maximum Gasteiger partial charge on any atom is 0.352 e. The van der Waals surface area contributed by atoms with Gasteiger partial charge in [-0.3, -0.25) is 4.99 Å². The predicted octanol–water partition coefficient (Wildman–Crippen LogP) is 0.187. The van der Waals surface area contributed by atoms with Gasteiger partial charge in [-0.25, -0.2) is 4.79 Å². The van der Waals surface area contributed by atoms with Crippen LogP contribution in [0.15, 0.2) is 16.9 Å². The summed E-state index contributed by atoms with van der Waals surface area (Å²) in [5.41, 5.74) is 0.306. The number of rotatable bonds is 1. The number of hydrogen-bond donors (Lipinski definition) is 1. The van der Waals surface area contributed by atoms with Crippen LogP contribution in [-0.4, -0.2) is 28.4 Å². The molecule has 0 fully saturated rings. The van der Waals surface area contributed by atoms with E-state index in [9.17, 15) is 10.0 Å². The molecule has 60 valence electrons. The van der Waals surface area contributed by atoms with Crippen molar-refractivity contribution in [1.82, 2.24) is 5.06 Å². The third-order valence-corrected chi connectivity index (χ3v) is 1.34. The summed E-state index contributed by atoms with van der Waals surface area (Å²) >= 11 is 0. The highest BCUT2D eigenvalue weighted by Gasteiger charge is 2.12. The van der Waals surface area contributed by atoms with Crippen molar-refractivity contribution in [2.75, 3.05) is 6.54 Å².